The van der Waals surface area contributed by atoms with Crippen LogP contribution in [0.5, 0.6) is 5.75 Å². The van der Waals surface area contributed by atoms with Crippen molar-refractivity contribution in [2.75, 3.05) is 41.1 Å². The van der Waals surface area contributed by atoms with Crippen LogP contribution in [-0.4, -0.2) is 41.1 Å². The Bertz CT molecular complexity index is 614. The number of rotatable bonds is 12. The van der Waals surface area contributed by atoms with Crippen molar-refractivity contribution < 1.29 is 45.4 Å². The summed E-state index contributed by atoms with van der Waals surface area (Å²) in [4.78, 5) is 0. The van der Waals surface area contributed by atoms with Crippen LogP contribution in [-0.2, 0) is 40.8 Å². The van der Waals surface area contributed by atoms with Gasteiger partial charge in [0.05, 0.1) is 0 Å². The monoisotopic (exact) mass is 418 g/mol. The molecule has 1 aromatic rings. The Hall–Kier alpha value is -0.530. The maximum atomic E-state index is 12.8. The lowest BCUT2D eigenvalue weighted by Crippen LogP contribution is -2.08. The summed E-state index contributed by atoms with van der Waals surface area (Å²) in [7, 11) is -7.08. The first kappa shape index (κ1) is 22.5. The van der Waals surface area contributed by atoms with Gasteiger partial charge in [0.25, 0.3) is 0 Å². The summed E-state index contributed by atoms with van der Waals surface area (Å²) in [5.41, 5.74) is 0. The minimum absolute atomic E-state index is 0.153. The summed E-state index contributed by atoms with van der Waals surface area (Å²) < 4.78 is 71.0. The van der Waals surface area contributed by atoms with Crippen LogP contribution in [0.15, 0.2) is 30.3 Å². The molecular formula is C12H21O10P3. The fraction of sp³-hybridized carbons (Fsp3) is 0.500. The van der Waals surface area contributed by atoms with E-state index in [1.165, 1.54) is 12.1 Å². The summed E-state index contributed by atoms with van der Waals surface area (Å²) in [5, 5.41) is 0. The molecule has 0 fully saturated rings. The van der Waals surface area contributed by atoms with Crippen LogP contribution in [0, 0.1) is 0 Å². The Kier molecular flexibility index (Phi) is 8.98. The van der Waals surface area contributed by atoms with E-state index in [4.69, 9.17) is 31.7 Å². The maximum Gasteiger partial charge on any atom is 0.531 e. The number of para-hydroxylation sites is 1. The highest BCUT2D eigenvalue weighted by Crippen LogP contribution is 2.59. The van der Waals surface area contributed by atoms with E-state index in [-0.39, 0.29) is 5.75 Å². The third-order valence-electron chi connectivity index (χ3n) is 2.82. The highest BCUT2D eigenvalue weighted by molar-refractivity contribution is 7.56. The zero-order chi connectivity index (χ0) is 19.0. The van der Waals surface area contributed by atoms with Gasteiger partial charge in [0.15, 0.2) is 12.7 Å². The van der Waals surface area contributed by atoms with Gasteiger partial charge in [-0.25, -0.2) is 4.57 Å². The standard InChI is InChI=1S/C12H21O10P3/c1-16-23(13,17-2)10-20-25(15,21-11-24(14,18-3)19-4)22-12-8-6-5-7-9-12/h5-9H,10-11H2,1-4H3. The van der Waals surface area contributed by atoms with E-state index in [9.17, 15) is 13.7 Å². The lowest BCUT2D eigenvalue weighted by molar-refractivity contribution is 0.160. The van der Waals surface area contributed by atoms with Crippen LogP contribution in [0.25, 0.3) is 0 Å². The van der Waals surface area contributed by atoms with E-state index >= 15 is 0 Å². The van der Waals surface area contributed by atoms with Crippen molar-refractivity contribution in [1.82, 2.24) is 0 Å². The van der Waals surface area contributed by atoms with Gasteiger partial charge in [-0.2, -0.15) is 0 Å². The zero-order valence-corrected chi connectivity index (χ0v) is 16.9. The highest BCUT2D eigenvalue weighted by Gasteiger charge is 2.37. The van der Waals surface area contributed by atoms with Gasteiger partial charge in [0.1, 0.15) is 5.75 Å². The Morgan fingerprint density at radius 3 is 1.48 bits per heavy atom. The van der Waals surface area contributed by atoms with Crippen LogP contribution in [0.4, 0.5) is 0 Å². The fourth-order valence-corrected chi connectivity index (χ4v) is 4.89. The Labute approximate surface area is 146 Å². The van der Waals surface area contributed by atoms with E-state index in [1.807, 2.05) is 0 Å². The third-order valence-corrected chi connectivity index (χ3v) is 7.67. The van der Waals surface area contributed by atoms with E-state index in [0.717, 1.165) is 28.4 Å². The quantitative estimate of drug-likeness (QED) is 0.460. The van der Waals surface area contributed by atoms with E-state index in [2.05, 4.69) is 0 Å². The predicted molar refractivity (Wildman–Crippen MR) is 89.8 cm³/mol. The highest BCUT2D eigenvalue weighted by atomic mass is 31.2. The molecule has 0 heterocycles. The van der Waals surface area contributed by atoms with Crippen molar-refractivity contribution in [3.05, 3.63) is 30.3 Å². The molecular weight excluding hydrogens is 397 g/mol. The minimum Gasteiger partial charge on any atom is -0.404 e. The molecule has 0 spiro atoms. The molecule has 1 aromatic carbocycles. The average molecular weight is 418 g/mol. The smallest absolute Gasteiger partial charge is 0.404 e. The molecule has 25 heavy (non-hydrogen) atoms. The number of hydrogen-bond donors (Lipinski definition) is 0. The van der Waals surface area contributed by atoms with Crippen LogP contribution in [0.1, 0.15) is 0 Å². The van der Waals surface area contributed by atoms with Crippen LogP contribution >= 0.6 is 23.0 Å². The van der Waals surface area contributed by atoms with Crippen LogP contribution < -0.4 is 4.52 Å². The molecule has 0 amide bonds. The van der Waals surface area contributed by atoms with Gasteiger partial charge in [-0.1, -0.05) is 18.2 Å². The lowest BCUT2D eigenvalue weighted by atomic mass is 10.3. The van der Waals surface area contributed by atoms with E-state index in [0.29, 0.717) is 0 Å². The van der Waals surface area contributed by atoms with Crippen molar-refractivity contribution in [1.29, 1.82) is 0 Å². The van der Waals surface area contributed by atoms with Gasteiger partial charge in [-0.05, 0) is 12.1 Å². The molecule has 0 saturated heterocycles. The molecule has 0 saturated carbocycles. The predicted octanol–water partition coefficient (Wildman–Crippen LogP) is 4.09. The first-order valence-electron chi connectivity index (χ1n) is 6.78. The molecule has 1 rings (SSSR count). The molecule has 0 aromatic heterocycles. The van der Waals surface area contributed by atoms with Gasteiger partial charge in [0, 0.05) is 28.4 Å². The second-order valence-electron chi connectivity index (χ2n) is 4.32. The Morgan fingerprint density at radius 2 is 1.12 bits per heavy atom. The average Bonchev–Trinajstić information content (AvgIpc) is 2.65. The van der Waals surface area contributed by atoms with Gasteiger partial charge < -0.3 is 22.6 Å². The topological polar surface area (TPSA) is 116 Å². The summed E-state index contributed by atoms with van der Waals surface area (Å²) in [6.07, 6.45) is -1.43. The second-order valence-corrected chi connectivity index (χ2v) is 10.3. The molecule has 0 radical (unpaired) electrons. The van der Waals surface area contributed by atoms with E-state index < -0.39 is 35.7 Å². The minimum atomic E-state index is -4.35. The molecule has 10 nitrogen and oxygen atoms in total. The third kappa shape index (κ3) is 7.31. The zero-order valence-electron chi connectivity index (χ0n) is 14.2. The van der Waals surface area contributed by atoms with Crippen molar-refractivity contribution in [3.63, 3.8) is 0 Å². The first-order chi connectivity index (χ1) is 11.7. The molecule has 0 bridgehead atoms. The second kappa shape index (κ2) is 9.97. The van der Waals surface area contributed by atoms with Crippen LogP contribution in [0.3, 0.4) is 0 Å². The lowest BCUT2D eigenvalue weighted by Gasteiger charge is -2.22. The summed E-state index contributed by atoms with van der Waals surface area (Å²) in [6, 6.07) is 7.97. The van der Waals surface area contributed by atoms with Gasteiger partial charge in [0.2, 0.25) is 0 Å². The largest absolute Gasteiger partial charge is 0.531 e. The molecule has 0 unspecified atom stereocenters. The fourth-order valence-electron chi connectivity index (χ4n) is 1.34. The van der Waals surface area contributed by atoms with Crippen molar-refractivity contribution in [2.45, 2.75) is 0 Å². The summed E-state index contributed by atoms with van der Waals surface area (Å²) in [6.45, 7) is 0. The SMILES string of the molecule is COP(=O)(COP(=O)(OCP(=O)(OC)OC)Oc1ccccc1)OC. The molecule has 0 aliphatic carbocycles. The number of benzene rings is 1. The molecule has 0 N–H and O–H groups in total. The normalized spacial score (nSPS) is 13.0. The van der Waals surface area contributed by atoms with Gasteiger partial charge in [-0.3, -0.25) is 18.2 Å². The number of phosphoric acid groups is 1. The molecule has 13 heteroatoms. The van der Waals surface area contributed by atoms with Crippen LogP contribution in [0.2, 0.25) is 0 Å². The van der Waals surface area contributed by atoms with Gasteiger partial charge in [-0.15, -0.1) is 0 Å². The summed E-state index contributed by atoms with van der Waals surface area (Å²) >= 11 is 0. The Balaban J connectivity index is 2.94. The first-order valence-corrected chi connectivity index (χ1v) is 11.7. The van der Waals surface area contributed by atoms with Crippen molar-refractivity contribution in [3.8, 4) is 5.75 Å². The summed E-state index contributed by atoms with van der Waals surface area (Å²) in [5.74, 6) is 0.153. The van der Waals surface area contributed by atoms with Gasteiger partial charge >= 0.3 is 23.0 Å². The molecule has 144 valence electrons. The molecule has 0 aliphatic heterocycles. The van der Waals surface area contributed by atoms with Crippen molar-refractivity contribution >= 4 is 23.0 Å². The number of hydrogen-bond acceptors (Lipinski definition) is 10. The van der Waals surface area contributed by atoms with E-state index in [1.54, 1.807) is 18.2 Å². The number of phosphoric ester groups is 1. The molecule has 0 aliphatic rings. The molecule has 0 atom stereocenters. The Morgan fingerprint density at radius 1 is 0.720 bits per heavy atom. The maximum absolute atomic E-state index is 12.8. The van der Waals surface area contributed by atoms with Crippen molar-refractivity contribution in [2.24, 2.45) is 0 Å².